The van der Waals surface area contributed by atoms with Gasteiger partial charge in [-0.05, 0) is 31.1 Å². The van der Waals surface area contributed by atoms with Gasteiger partial charge in [0, 0.05) is 25.1 Å². The fourth-order valence-corrected chi connectivity index (χ4v) is 2.95. The van der Waals surface area contributed by atoms with Gasteiger partial charge < -0.3 is 19.7 Å². The molecule has 1 aliphatic rings. The molecule has 2 heterocycles. The van der Waals surface area contributed by atoms with Crippen LogP contribution in [0.4, 0.5) is 5.69 Å². The molecule has 1 saturated heterocycles. The molecule has 6 nitrogen and oxygen atoms in total. The van der Waals surface area contributed by atoms with Crippen LogP contribution in [0.3, 0.4) is 0 Å². The summed E-state index contributed by atoms with van der Waals surface area (Å²) in [5.41, 5.74) is 1.29. The minimum atomic E-state index is 0.0572. The van der Waals surface area contributed by atoms with Gasteiger partial charge in [0.15, 0.2) is 5.69 Å². The zero-order chi connectivity index (χ0) is 16.9. The molecule has 2 aromatic rings. The average Bonchev–Trinajstić information content (AvgIpc) is 3.20. The standard InChI is InChI=1S/C17H20N4O2S/c1-2-9-21-14-8-4-3-7-13(14)15(16(21)22)19-20-17(24)18-11-12-6-5-10-23-12/h2-4,7-8,12,22H,1,5-6,9-11H2,(H,18,24)/t12-/m0/s1. The highest BCUT2D eigenvalue weighted by Gasteiger charge is 2.17. The van der Waals surface area contributed by atoms with Gasteiger partial charge in [-0.1, -0.05) is 24.3 Å². The van der Waals surface area contributed by atoms with Crippen LogP contribution in [0.1, 0.15) is 12.8 Å². The Bertz CT molecular complexity index is 778. The normalized spacial score (nSPS) is 17.6. The number of fused-ring (bicyclic) bond motifs is 1. The Morgan fingerprint density at radius 2 is 2.33 bits per heavy atom. The molecule has 0 amide bonds. The quantitative estimate of drug-likeness (QED) is 0.493. The zero-order valence-electron chi connectivity index (χ0n) is 13.3. The van der Waals surface area contributed by atoms with Crippen LogP contribution in [-0.2, 0) is 11.3 Å². The maximum atomic E-state index is 10.4. The summed E-state index contributed by atoms with van der Waals surface area (Å²) in [5.74, 6) is 0.0572. The van der Waals surface area contributed by atoms with Gasteiger partial charge in [0.25, 0.3) is 0 Å². The van der Waals surface area contributed by atoms with Gasteiger partial charge in [-0.3, -0.25) is 0 Å². The fourth-order valence-electron chi connectivity index (χ4n) is 2.82. The van der Waals surface area contributed by atoms with Crippen molar-refractivity contribution in [2.45, 2.75) is 25.5 Å². The van der Waals surface area contributed by atoms with Crippen molar-refractivity contribution in [3.05, 3.63) is 36.9 Å². The lowest BCUT2D eigenvalue weighted by molar-refractivity contribution is 0.114. The molecule has 0 unspecified atom stereocenters. The lowest BCUT2D eigenvalue weighted by Crippen LogP contribution is -2.29. The minimum Gasteiger partial charge on any atom is -0.493 e. The van der Waals surface area contributed by atoms with Crippen LogP contribution in [0.25, 0.3) is 10.9 Å². The summed E-state index contributed by atoms with van der Waals surface area (Å²) in [6.07, 6.45) is 4.02. The van der Waals surface area contributed by atoms with E-state index in [1.807, 2.05) is 24.3 Å². The molecule has 24 heavy (non-hydrogen) atoms. The van der Waals surface area contributed by atoms with E-state index in [9.17, 15) is 5.11 Å². The zero-order valence-corrected chi connectivity index (χ0v) is 14.1. The highest BCUT2D eigenvalue weighted by Crippen LogP contribution is 2.38. The van der Waals surface area contributed by atoms with E-state index in [0.29, 0.717) is 18.8 Å². The van der Waals surface area contributed by atoms with Crippen LogP contribution in [0.5, 0.6) is 5.88 Å². The molecule has 0 bridgehead atoms. The number of allylic oxidation sites excluding steroid dienone is 1. The van der Waals surface area contributed by atoms with Crippen molar-refractivity contribution in [3.63, 3.8) is 0 Å². The van der Waals surface area contributed by atoms with Gasteiger partial charge in [-0.15, -0.1) is 16.8 Å². The van der Waals surface area contributed by atoms with Crippen molar-refractivity contribution in [1.29, 1.82) is 0 Å². The van der Waals surface area contributed by atoms with Crippen LogP contribution in [0.2, 0.25) is 0 Å². The number of thiocarbonyl (C=S) groups is 1. The maximum absolute atomic E-state index is 10.4. The Kier molecular flexibility index (Phi) is 5.22. The first-order valence-corrected chi connectivity index (χ1v) is 8.33. The summed E-state index contributed by atoms with van der Waals surface area (Å²) in [5, 5.41) is 22.8. The van der Waals surface area contributed by atoms with Crippen molar-refractivity contribution < 1.29 is 9.84 Å². The smallest absolute Gasteiger partial charge is 0.221 e. The first-order valence-electron chi connectivity index (χ1n) is 7.93. The minimum absolute atomic E-state index is 0.0572. The first kappa shape index (κ1) is 16.6. The molecule has 126 valence electrons. The molecular weight excluding hydrogens is 324 g/mol. The molecule has 1 aliphatic heterocycles. The molecule has 0 aliphatic carbocycles. The third kappa shape index (κ3) is 3.47. The number of rotatable bonds is 5. The van der Waals surface area contributed by atoms with E-state index in [2.05, 4.69) is 22.1 Å². The third-order valence-electron chi connectivity index (χ3n) is 3.97. The number of benzene rings is 1. The second-order valence-electron chi connectivity index (χ2n) is 5.61. The van der Waals surface area contributed by atoms with E-state index in [0.717, 1.165) is 30.4 Å². The molecule has 0 spiro atoms. The van der Waals surface area contributed by atoms with Crippen LogP contribution in [0.15, 0.2) is 47.1 Å². The Morgan fingerprint density at radius 3 is 3.08 bits per heavy atom. The van der Waals surface area contributed by atoms with Gasteiger partial charge in [0.1, 0.15) is 0 Å². The largest absolute Gasteiger partial charge is 0.493 e. The van der Waals surface area contributed by atoms with Gasteiger partial charge in [0.05, 0.1) is 11.6 Å². The van der Waals surface area contributed by atoms with E-state index in [1.54, 1.807) is 10.6 Å². The lowest BCUT2D eigenvalue weighted by atomic mass is 10.2. The molecule has 1 aromatic heterocycles. The number of hydrogen-bond donors (Lipinski definition) is 2. The predicted octanol–water partition coefficient (Wildman–Crippen LogP) is 3.67. The van der Waals surface area contributed by atoms with E-state index in [4.69, 9.17) is 17.0 Å². The van der Waals surface area contributed by atoms with Crippen molar-refractivity contribution >= 4 is 33.9 Å². The molecule has 0 radical (unpaired) electrons. The van der Waals surface area contributed by atoms with Crippen LogP contribution >= 0.6 is 12.2 Å². The summed E-state index contributed by atoms with van der Waals surface area (Å²) in [4.78, 5) is 0. The number of nitrogens with one attached hydrogen (secondary N) is 1. The number of azo groups is 1. The SMILES string of the molecule is C=CCn1c(O)c(N=NC(=S)NC[C@@H]2CCCO2)c2ccccc21. The Labute approximate surface area is 145 Å². The molecule has 3 rings (SSSR count). The van der Waals surface area contributed by atoms with Gasteiger partial charge in [-0.25, -0.2) is 0 Å². The van der Waals surface area contributed by atoms with Gasteiger partial charge >= 0.3 is 0 Å². The average molecular weight is 344 g/mol. The summed E-state index contributed by atoms with van der Waals surface area (Å²) in [7, 11) is 0. The molecule has 7 heteroatoms. The van der Waals surface area contributed by atoms with Crippen LogP contribution in [0, 0.1) is 0 Å². The van der Waals surface area contributed by atoms with Crippen molar-refractivity contribution in [2.75, 3.05) is 13.2 Å². The van der Waals surface area contributed by atoms with Crippen molar-refractivity contribution in [3.8, 4) is 5.88 Å². The van der Waals surface area contributed by atoms with Gasteiger partial charge in [-0.2, -0.15) is 0 Å². The summed E-state index contributed by atoms with van der Waals surface area (Å²) in [6, 6.07) is 7.63. The van der Waals surface area contributed by atoms with Crippen molar-refractivity contribution in [1.82, 2.24) is 9.88 Å². The first-order chi connectivity index (χ1) is 11.7. The van der Waals surface area contributed by atoms with E-state index < -0.39 is 0 Å². The second-order valence-corrected chi connectivity index (χ2v) is 6.00. The number of nitrogens with zero attached hydrogens (tertiary/aromatic N) is 3. The monoisotopic (exact) mass is 344 g/mol. The fraction of sp³-hybridized carbons (Fsp3) is 0.353. The number of hydrogen-bond acceptors (Lipinski definition) is 4. The highest BCUT2D eigenvalue weighted by atomic mass is 32.1. The second kappa shape index (κ2) is 7.55. The van der Waals surface area contributed by atoms with Crippen LogP contribution < -0.4 is 5.32 Å². The summed E-state index contributed by atoms with van der Waals surface area (Å²) in [6.45, 7) is 5.64. The Balaban J connectivity index is 1.77. The predicted molar refractivity (Wildman–Crippen MR) is 97.9 cm³/mol. The van der Waals surface area contributed by atoms with Gasteiger partial charge in [0.2, 0.25) is 11.0 Å². The van der Waals surface area contributed by atoms with Crippen molar-refractivity contribution in [2.24, 2.45) is 10.2 Å². The molecule has 2 N–H and O–H groups in total. The number of para-hydroxylation sites is 1. The lowest BCUT2D eigenvalue weighted by Gasteiger charge is -2.09. The molecule has 1 fully saturated rings. The highest BCUT2D eigenvalue weighted by molar-refractivity contribution is 7.80. The number of aromatic hydroxyl groups is 1. The molecule has 1 aromatic carbocycles. The third-order valence-corrected chi connectivity index (χ3v) is 4.20. The molecule has 1 atom stereocenters. The topological polar surface area (TPSA) is 71.1 Å². The maximum Gasteiger partial charge on any atom is 0.221 e. The molecular formula is C17H20N4O2S. The van der Waals surface area contributed by atoms with Crippen LogP contribution in [-0.4, -0.2) is 34.0 Å². The Hall–Kier alpha value is -2.25. The van der Waals surface area contributed by atoms with E-state index >= 15 is 0 Å². The number of ether oxygens (including phenoxy) is 1. The Morgan fingerprint density at radius 1 is 1.50 bits per heavy atom. The summed E-state index contributed by atoms with van der Waals surface area (Å²) < 4.78 is 7.26. The van der Waals surface area contributed by atoms with E-state index in [1.165, 1.54) is 0 Å². The molecule has 0 saturated carbocycles. The summed E-state index contributed by atoms with van der Waals surface area (Å²) >= 11 is 5.18. The van der Waals surface area contributed by atoms with E-state index in [-0.39, 0.29) is 17.1 Å². The number of aromatic nitrogens is 1.